The van der Waals surface area contributed by atoms with E-state index in [4.69, 9.17) is 33.5 Å². The van der Waals surface area contributed by atoms with Crippen LogP contribution in [0.2, 0.25) is 0 Å². The molecule has 0 heterocycles. The second-order valence-electron chi connectivity index (χ2n) is 13.4. The summed E-state index contributed by atoms with van der Waals surface area (Å²) in [7, 11) is 7.93. The van der Waals surface area contributed by atoms with Gasteiger partial charge in [0.05, 0.1) is 55.4 Å². The monoisotopic (exact) mass is 1250 g/mol. The fraction of sp³-hybridized carbons (Fsp3) is 0.250. The number of hydrogen-bond acceptors (Lipinski definition) is 7. The average Bonchev–Trinajstić information content (AvgIpc) is 3.28. The van der Waals surface area contributed by atoms with Crippen molar-refractivity contribution in [2.45, 2.75) is 38.9 Å². The third-order valence-electron chi connectivity index (χ3n) is 9.52. The Bertz CT molecular complexity index is 2070. The fourth-order valence-corrected chi connectivity index (χ4v) is 11.5. The first-order valence-electron chi connectivity index (χ1n) is 19.0. The Balaban J connectivity index is 0. The van der Waals surface area contributed by atoms with Crippen molar-refractivity contribution in [1.82, 2.24) is 0 Å². The van der Waals surface area contributed by atoms with Gasteiger partial charge in [-0.15, -0.1) is 0 Å². The molecule has 6 aromatic rings. The largest absolute Gasteiger partial charge is 1.00 e. The first-order valence-corrected chi connectivity index (χ1v) is 29.5. The summed E-state index contributed by atoms with van der Waals surface area (Å²) in [6, 6.07) is 44.9. The predicted molar refractivity (Wildman–Crippen MR) is 285 cm³/mol. The first kappa shape index (κ1) is 64.3. The lowest BCUT2D eigenvalue weighted by Gasteiger charge is -2.28. The summed E-state index contributed by atoms with van der Waals surface area (Å²) in [6.45, 7) is 6.02. The van der Waals surface area contributed by atoms with Crippen molar-refractivity contribution in [3.63, 3.8) is 0 Å². The lowest BCUT2D eigenvalue weighted by atomic mass is 10.1. The van der Waals surface area contributed by atoms with Crippen LogP contribution in [0.3, 0.4) is 0 Å². The highest BCUT2D eigenvalue weighted by Crippen LogP contribution is 2.59. The Morgan fingerprint density at radius 1 is 0.462 bits per heavy atom. The molecular weight excluding hydrogens is 1200 g/mol. The third-order valence-corrected chi connectivity index (χ3v) is 14.5. The zero-order chi connectivity index (χ0) is 45.0. The highest BCUT2D eigenvalue weighted by Gasteiger charge is 2.45. The van der Waals surface area contributed by atoms with Gasteiger partial charge in [0, 0.05) is 5.33 Å². The maximum Gasteiger partial charge on any atom is 0.163 e. The van der Waals surface area contributed by atoms with Gasteiger partial charge in [0.2, 0.25) is 0 Å². The Morgan fingerprint density at radius 3 is 1.02 bits per heavy atom. The van der Waals surface area contributed by atoms with Gasteiger partial charge in [-0.1, -0.05) is 76.6 Å². The van der Waals surface area contributed by atoms with E-state index >= 15 is 0 Å². The second-order valence-corrected chi connectivity index (χ2v) is 32.8. The molecule has 0 amide bonds. The van der Waals surface area contributed by atoms with Gasteiger partial charge in [0.25, 0.3) is 0 Å². The Kier molecular flexibility index (Phi) is 33.3. The maximum absolute atomic E-state index is 8.95. The van der Waals surface area contributed by atoms with Gasteiger partial charge in [0.15, 0.2) is 34.5 Å². The smallest absolute Gasteiger partial charge is 0.163 e. The van der Waals surface area contributed by atoms with Gasteiger partial charge >= 0.3 is 0 Å². The van der Waals surface area contributed by atoms with Crippen LogP contribution in [0.15, 0.2) is 127 Å². The number of aliphatic hydroxyl groups is 1. The van der Waals surface area contributed by atoms with Crippen molar-refractivity contribution in [2.24, 2.45) is 0 Å². The molecule has 0 unspecified atom stereocenters. The number of ether oxygens (including phenoxy) is 6. The number of aryl methyl sites for hydroxylation is 3. The molecule has 10 nitrogen and oxygen atoms in total. The number of benzene rings is 6. The van der Waals surface area contributed by atoms with E-state index in [2.05, 4.69) is 179 Å². The van der Waals surface area contributed by atoms with Crippen molar-refractivity contribution >= 4 is 89.6 Å². The molecule has 17 heteroatoms. The summed E-state index contributed by atoms with van der Waals surface area (Å²) in [4.78, 5) is 0. The standard InChI is InChI=1S/C28H28O2P.C10H13BrO2.C10H14O3.Br3P.BrH.3H2O/c1-22-19-23(20-27(29-2)28(22)30-3)21-31(24-13-7-4-8-14-24,25-15-9-5-10-16-25)26-17-11-6-12-18-26;2*1-7-4-8(6-11)5-9(12-2)10(7)13-3;1-4(2)3;;;;/h4-20H,21H2,1-3H3;4-5H,6H2,1-3H3;4-5,11H,6H2,1-3H3;;1H;3*1H2/q+1;;;;;;;/p-1. The van der Waals surface area contributed by atoms with Crippen molar-refractivity contribution in [2.75, 3.05) is 42.7 Å². The number of aliphatic hydroxyl groups excluding tert-OH is 1. The molecule has 0 bridgehead atoms. The number of rotatable bonds is 13. The summed E-state index contributed by atoms with van der Waals surface area (Å²) in [5.41, 5.74) is 6.41. The van der Waals surface area contributed by atoms with Gasteiger partial charge in [-0.05, 0) is 167 Å². The fourth-order valence-electron chi connectivity index (χ4n) is 6.98. The maximum atomic E-state index is 8.95. The van der Waals surface area contributed by atoms with Crippen LogP contribution in [0.5, 0.6) is 34.5 Å². The Hall–Kier alpha value is -2.78. The van der Waals surface area contributed by atoms with Crippen molar-refractivity contribution in [3.05, 3.63) is 161 Å². The minimum absolute atomic E-state index is 0. The molecule has 0 saturated heterocycles. The molecule has 7 N–H and O–H groups in total. The van der Waals surface area contributed by atoms with E-state index in [-0.39, 0.29) is 44.0 Å². The van der Waals surface area contributed by atoms with Crippen LogP contribution in [-0.2, 0) is 18.1 Å². The molecule has 0 fully saturated rings. The minimum atomic E-state index is -1.95. The summed E-state index contributed by atoms with van der Waals surface area (Å²) in [6.07, 6.45) is 0.909. The van der Waals surface area contributed by atoms with Crippen LogP contribution in [-0.4, -0.2) is 64.2 Å². The lowest BCUT2D eigenvalue weighted by Crippen LogP contribution is -3.00. The van der Waals surface area contributed by atoms with Gasteiger partial charge < -0.3 is 66.9 Å². The molecule has 0 saturated carbocycles. The lowest BCUT2D eigenvalue weighted by molar-refractivity contribution is -0.0000179. The number of methoxy groups -OCH3 is 6. The first-order chi connectivity index (χ1) is 29.4. The number of alkyl halides is 1. The average molecular weight is 1260 g/mol. The van der Waals surface area contributed by atoms with Crippen LogP contribution in [0, 0.1) is 20.8 Å². The van der Waals surface area contributed by atoms with Gasteiger partial charge in [-0.3, -0.25) is 0 Å². The molecule has 358 valence electrons. The molecule has 65 heavy (non-hydrogen) atoms. The van der Waals surface area contributed by atoms with E-state index in [9.17, 15) is 0 Å². The predicted octanol–water partition coefficient (Wildman–Crippen LogP) is 7.85. The van der Waals surface area contributed by atoms with E-state index in [0.29, 0.717) is 5.75 Å². The summed E-state index contributed by atoms with van der Waals surface area (Å²) in [5, 5.41) is 13.9. The quantitative estimate of drug-likeness (QED) is 0.0907. The molecule has 6 aromatic carbocycles. The zero-order valence-corrected chi connectivity index (χ0v) is 47.6. The van der Waals surface area contributed by atoms with Gasteiger partial charge in [-0.2, -0.15) is 0 Å². The van der Waals surface area contributed by atoms with E-state index in [1.165, 1.54) is 27.0 Å². The number of halogens is 5. The zero-order valence-electron chi connectivity index (χ0n) is 37.9. The van der Waals surface area contributed by atoms with E-state index in [1.807, 2.05) is 26.0 Å². The summed E-state index contributed by atoms with van der Waals surface area (Å²) in [5.74, 6) is 4.56. The van der Waals surface area contributed by atoms with Crippen LogP contribution >= 0.6 is 73.7 Å². The number of hydrogen-bond donors (Lipinski definition) is 1. The van der Waals surface area contributed by atoms with Crippen molar-refractivity contribution in [1.29, 1.82) is 0 Å². The molecule has 0 aliphatic rings. The normalized spacial score (nSPS) is 9.83. The molecule has 6 rings (SSSR count). The molecule has 0 aliphatic heterocycles. The van der Waals surface area contributed by atoms with Crippen LogP contribution in [0.25, 0.3) is 0 Å². The molecular formula is C48H61Br5O10P2. The van der Waals surface area contributed by atoms with Crippen LogP contribution < -0.4 is 61.3 Å². The van der Waals surface area contributed by atoms with Crippen LogP contribution in [0.1, 0.15) is 33.4 Å². The van der Waals surface area contributed by atoms with Crippen molar-refractivity contribution < 1.29 is 66.9 Å². The summed E-state index contributed by atoms with van der Waals surface area (Å²) < 4.78 is 31.8. The van der Waals surface area contributed by atoms with Crippen molar-refractivity contribution in [3.8, 4) is 34.5 Å². The topological polar surface area (TPSA) is 170 Å². The third kappa shape index (κ3) is 18.3. The van der Waals surface area contributed by atoms with Gasteiger partial charge in [-0.25, -0.2) is 0 Å². The molecule has 0 aromatic heterocycles. The van der Waals surface area contributed by atoms with E-state index < -0.39 is 7.26 Å². The molecule has 0 spiro atoms. The summed E-state index contributed by atoms with van der Waals surface area (Å²) >= 11 is 12.9. The Morgan fingerprint density at radius 2 is 0.738 bits per heavy atom. The Labute approximate surface area is 429 Å². The molecule has 0 atom stereocenters. The SMILES string of the molecule is BrP(Br)Br.COc1cc(CBr)cc(C)c1OC.COc1cc(CO)cc(C)c1OC.COc1cc(C[P+](c2ccccc2)(c2ccccc2)c2ccccc2)cc(C)c1OC.O.O.O.[Br-]. The molecule has 0 aliphatic carbocycles. The molecule has 0 radical (unpaired) electrons. The van der Waals surface area contributed by atoms with E-state index in [0.717, 1.165) is 62.5 Å². The van der Waals surface area contributed by atoms with Gasteiger partial charge in [0.1, 0.15) is 27.2 Å². The second kappa shape index (κ2) is 33.7. The van der Waals surface area contributed by atoms with E-state index in [1.54, 1.807) is 48.7 Å². The highest BCUT2D eigenvalue weighted by atomic mass is 80.0. The van der Waals surface area contributed by atoms with Crippen LogP contribution in [0.4, 0.5) is 0 Å². The minimum Gasteiger partial charge on any atom is -1.00 e. The highest BCUT2D eigenvalue weighted by molar-refractivity contribution is 9.93.